The van der Waals surface area contributed by atoms with Crippen LogP contribution in [0.2, 0.25) is 0 Å². The second kappa shape index (κ2) is 5.83. The van der Waals surface area contributed by atoms with Gasteiger partial charge in [0.1, 0.15) is 0 Å². The quantitative estimate of drug-likeness (QED) is 0.882. The normalized spacial score (nSPS) is 21.2. The van der Waals surface area contributed by atoms with E-state index in [1.165, 1.54) is 0 Å². The van der Waals surface area contributed by atoms with E-state index in [2.05, 4.69) is 10.6 Å². The third-order valence-corrected chi connectivity index (χ3v) is 5.36. The van der Waals surface area contributed by atoms with Crippen molar-refractivity contribution in [3.63, 3.8) is 0 Å². The Morgan fingerprint density at radius 3 is 2.70 bits per heavy atom. The highest BCUT2D eigenvalue weighted by Crippen LogP contribution is 2.21. The summed E-state index contributed by atoms with van der Waals surface area (Å²) < 4.78 is 23.3. The molecule has 110 valence electrons. The Morgan fingerprint density at radius 1 is 1.35 bits per heavy atom. The van der Waals surface area contributed by atoms with Crippen molar-refractivity contribution in [3.8, 4) is 0 Å². The summed E-state index contributed by atoms with van der Waals surface area (Å²) in [5.41, 5.74) is 2.43. The molecule has 1 fully saturated rings. The van der Waals surface area contributed by atoms with Gasteiger partial charge < -0.3 is 10.6 Å². The van der Waals surface area contributed by atoms with Gasteiger partial charge >= 0.3 is 0 Å². The van der Waals surface area contributed by atoms with Gasteiger partial charge in [0.15, 0.2) is 9.84 Å². The van der Waals surface area contributed by atoms with E-state index in [4.69, 9.17) is 0 Å². The van der Waals surface area contributed by atoms with Gasteiger partial charge in [-0.15, -0.1) is 0 Å². The lowest BCUT2D eigenvalue weighted by Crippen LogP contribution is -2.35. The van der Waals surface area contributed by atoms with Crippen LogP contribution < -0.4 is 10.6 Å². The molecule has 1 aliphatic rings. The number of carbonyl (C=O) groups excluding carboxylic acids is 1. The largest absolute Gasteiger partial charge is 0.381 e. The van der Waals surface area contributed by atoms with Crippen LogP contribution in [0.5, 0.6) is 0 Å². The molecule has 1 unspecified atom stereocenters. The smallest absolute Gasteiger partial charge is 0.251 e. The van der Waals surface area contributed by atoms with E-state index in [0.29, 0.717) is 17.7 Å². The molecule has 0 saturated carbocycles. The standard InChI is InChI=1S/C14H20N2O3S/c1-10-8-11(14(17)15-2)5-6-13(10)16-12-4-3-7-20(18,19)9-12/h5-6,8,12,16H,3-4,7,9H2,1-2H3,(H,15,17). The predicted molar refractivity (Wildman–Crippen MR) is 79.9 cm³/mol. The fourth-order valence-electron chi connectivity index (χ4n) is 2.47. The van der Waals surface area contributed by atoms with Crippen molar-refractivity contribution < 1.29 is 13.2 Å². The van der Waals surface area contributed by atoms with Crippen molar-refractivity contribution in [1.29, 1.82) is 0 Å². The van der Waals surface area contributed by atoms with E-state index in [-0.39, 0.29) is 17.7 Å². The van der Waals surface area contributed by atoms with Gasteiger partial charge in [0.2, 0.25) is 0 Å². The molecule has 1 atom stereocenters. The summed E-state index contributed by atoms with van der Waals surface area (Å²) in [5, 5.41) is 5.86. The zero-order valence-corrected chi connectivity index (χ0v) is 12.6. The van der Waals surface area contributed by atoms with Crippen molar-refractivity contribution in [2.75, 3.05) is 23.9 Å². The molecule has 0 radical (unpaired) electrons. The number of hydrogen-bond acceptors (Lipinski definition) is 4. The maximum atomic E-state index is 11.6. The minimum atomic E-state index is -2.92. The van der Waals surface area contributed by atoms with Crippen molar-refractivity contribution in [3.05, 3.63) is 29.3 Å². The van der Waals surface area contributed by atoms with E-state index in [1.54, 1.807) is 19.2 Å². The molecule has 0 aliphatic carbocycles. The number of sulfone groups is 1. The van der Waals surface area contributed by atoms with Crippen molar-refractivity contribution in [2.24, 2.45) is 0 Å². The zero-order valence-electron chi connectivity index (χ0n) is 11.8. The first-order chi connectivity index (χ1) is 9.41. The lowest BCUT2D eigenvalue weighted by atomic mass is 10.1. The summed E-state index contributed by atoms with van der Waals surface area (Å²) in [6.07, 6.45) is 1.56. The summed E-state index contributed by atoms with van der Waals surface area (Å²) in [7, 11) is -1.32. The maximum absolute atomic E-state index is 11.6. The molecule has 20 heavy (non-hydrogen) atoms. The third kappa shape index (κ3) is 3.50. The van der Waals surface area contributed by atoms with Crippen LogP contribution >= 0.6 is 0 Å². The van der Waals surface area contributed by atoms with Gasteiger partial charge in [-0.25, -0.2) is 8.42 Å². The first-order valence-electron chi connectivity index (χ1n) is 6.71. The lowest BCUT2D eigenvalue weighted by Gasteiger charge is -2.25. The molecule has 2 rings (SSSR count). The molecule has 1 aromatic carbocycles. The van der Waals surface area contributed by atoms with Gasteiger partial charge in [-0.05, 0) is 43.5 Å². The number of amides is 1. The van der Waals surface area contributed by atoms with Crippen LogP contribution in [-0.2, 0) is 9.84 Å². The molecule has 5 nitrogen and oxygen atoms in total. The number of hydrogen-bond donors (Lipinski definition) is 2. The fourth-order valence-corrected chi connectivity index (χ4v) is 4.10. The van der Waals surface area contributed by atoms with E-state index in [9.17, 15) is 13.2 Å². The van der Waals surface area contributed by atoms with Crippen LogP contribution in [0.15, 0.2) is 18.2 Å². The molecule has 1 aliphatic heterocycles. The lowest BCUT2D eigenvalue weighted by molar-refractivity contribution is 0.0963. The number of benzene rings is 1. The molecular formula is C14H20N2O3S. The monoisotopic (exact) mass is 296 g/mol. The molecule has 0 aromatic heterocycles. The summed E-state index contributed by atoms with van der Waals surface area (Å²) in [4.78, 5) is 11.5. The molecule has 1 saturated heterocycles. The highest BCUT2D eigenvalue weighted by molar-refractivity contribution is 7.91. The Hall–Kier alpha value is -1.56. The Balaban J connectivity index is 2.12. The van der Waals surface area contributed by atoms with Crippen molar-refractivity contribution in [2.45, 2.75) is 25.8 Å². The highest BCUT2D eigenvalue weighted by Gasteiger charge is 2.24. The SMILES string of the molecule is CNC(=O)c1ccc(NC2CCCS(=O)(=O)C2)c(C)c1. The Labute approximate surface area is 119 Å². The molecule has 0 spiro atoms. The van der Waals surface area contributed by atoms with E-state index in [1.807, 2.05) is 13.0 Å². The van der Waals surface area contributed by atoms with Crippen molar-refractivity contribution in [1.82, 2.24) is 5.32 Å². The van der Waals surface area contributed by atoms with Gasteiger partial charge in [0.05, 0.1) is 11.5 Å². The fraction of sp³-hybridized carbons (Fsp3) is 0.500. The van der Waals surface area contributed by atoms with Gasteiger partial charge in [-0.3, -0.25) is 4.79 Å². The summed E-state index contributed by atoms with van der Waals surface area (Å²) in [5.74, 6) is 0.351. The number of carbonyl (C=O) groups is 1. The zero-order chi connectivity index (χ0) is 14.8. The molecule has 0 bridgehead atoms. The molecular weight excluding hydrogens is 276 g/mol. The average Bonchev–Trinajstić information content (AvgIpc) is 2.39. The Bertz CT molecular complexity index is 611. The summed E-state index contributed by atoms with van der Waals surface area (Å²) in [6, 6.07) is 5.34. The second-order valence-corrected chi connectivity index (χ2v) is 7.44. The Morgan fingerprint density at radius 2 is 2.10 bits per heavy atom. The predicted octanol–water partition coefficient (Wildman–Crippen LogP) is 1.34. The first kappa shape index (κ1) is 14.8. The van der Waals surface area contributed by atoms with Crippen molar-refractivity contribution >= 4 is 21.4 Å². The van der Waals surface area contributed by atoms with E-state index in [0.717, 1.165) is 17.7 Å². The average molecular weight is 296 g/mol. The van der Waals surface area contributed by atoms with Crippen LogP contribution in [-0.4, -0.2) is 38.9 Å². The summed E-state index contributed by atoms with van der Waals surface area (Å²) in [6.45, 7) is 1.91. The number of aryl methyl sites for hydroxylation is 1. The van der Waals surface area contributed by atoms with Gasteiger partial charge in [-0.2, -0.15) is 0 Å². The molecule has 1 aromatic rings. The molecule has 2 N–H and O–H groups in total. The number of rotatable bonds is 3. The van der Waals surface area contributed by atoms with E-state index >= 15 is 0 Å². The van der Waals surface area contributed by atoms with Crippen LogP contribution in [0.4, 0.5) is 5.69 Å². The molecule has 1 amide bonds. The summed E-state index contributed by atoms with van der Waals surface area (Å²) >= 11 is 0. The minimum Gasteiger partial charge on any atom is -0.381 e. The minimum absolute atomic E-state index is 0.0432. The topological polar surface area (TPSA) is 75.3 Å². The van der Waals surface area contributed by atoms with Crippen LogP contribution in [0.3, 0.4) is 0 Å². The molecule has 1 heterocycles. The maximum Gasteiger partial charge on any atom is 0.251 e. The Kier molecular flexibility index (Phi) is 4.32. The number of anilines is 1. The second-order valence-electron chi connectivity index (χ2n) is 5.21. The first-order valence-corrected chi connectivity index (χ1v) is 8.53. The van der Waals surface area contributed by atoms with Gasteiger partial charge in [-0.1, -0.05) is 0 Å². The third-order valence-electron chi connectivity index (χ3n) is 3.54. The van der Waals surface area contributed by atoms with Crippen LogP contribution in [0.25, 0.3) is 0 Å². The van der Waals surface area contributed by atoms with Gasteiger partial charge in [0, 0.05) is 24.3 Å². The van der Waals surface area contributed by atoms with Gasteiger partial charge in [0.25, 0.3) is 5.91 Å². The van der Waals surface area contributed by atoms with E-state index < -0.39 is 9.84 Å². The van der Waals surface area contributed by atoms with Crippen LogP contribution in [0, 0.1) is 6.92 Å². The van der Waals surface area contributed by atoms with Crippen LogP contribution in [0.1, 0.15) is 28.8 Å². The molecule has 6 heteroatoms. The number of nitrogens with one attached hydrogen (secondary N) is 2. The highest BCUT2D eigenvalue weighted by atomic mass is 32.2.